The van der Waals surface area contributed by atoms with E-state index < -0.39 is 67.3 Å². The van der Waals surface area contributed by atoms with Gasteiger partial charge in [-0.15, -0.1) is 0 Å². The van der Waals surface area contributed by atoms with Crippen LogP contribution in [-0.4, -0.2) is 89.2 Å². The van der Waals surface area contributed by atoms with E-state index in [4.69, 9.17) is 23.7 Å². The van der Waals surface area contributed by atoms with Gasteiger partial charge in [-0.25, -0.2) is 4.79 Å². The lowest BCUT2D eigenvalue weighted by Crippen LogP contribution is -2.61. The van der Waals surface area contributed by atoms with Gasteiger partial charge in [0.2, 0.25) is 0 Å². The van der Waals surface area contributed by atoms with Crippen LogP contribution in [0.5, 0.6) is 0 Å². The van der Waals surface area contributed by atoms with Crippen molar-refractivity contribution in [2.75, 3.05) is 13.2 Å². The predicted molar refractivity (Wildman–Crippen MR) is 285 cm³/mol. The molecular formula is C59H104O12. The number of aliphatic hydroxyl groups is 2. The number of hydrogen-bond donors (Lipinski definition) is 3. The number of esters is 3. The molecule has 0 aromatic heterocycles. The minimum Gasteiger partial charge on any atom is -0.479 e. The molecule has 71 heavy (non-hydrogen) atoms. The summed E-state index contributed by atoms with van der Waals surface area (Å²) in [6, 6.07) is 0. The molecule has 3 N–H and O–H groups in total. The molecule has 12 nitrogen and oxygen atoms in total. The molecule has 0 bridgehead atoms. The zero-order valence-corrected chi connectivity index (χ0v) is 45.2. The minimum atomic E-state index is -1.90. The number of aliphatic carboxylic acids is 1. The molecule has 1 rings (SSSR count). The van der Waals surface area contributed by atoms with Gasteiger partial charge in [0, 0.05) is 19.3 Å². The standard InChI is InChI=1S/C59H104O12/c1-4-7-10-13-16-19-22-25-26-29-30-33-36-39-42-45-51(60)67-48-50(69-52(61)46-43-40-37-34-31-27-23-20-17-14-11-8-5-2)49-68-59-57(55(64)54(63)56(71-59)58(65)66)70-53(62)47-44-41-38-35-32-28-24-21-18-15-12-9-6-3/h8,11,17,20,27,31,50,54-57,59,63-64H,4-7,9-10,12-16,18-19,21-26,28-30,32-49H2,1-3H3,(H,65,66)/b11-8-,20-17-,31-27-. The number of carboxylic acid groups (broad SMARTS) is 1. The molecule has 6 atom stereocenters. The molecule has 0 aromatic rings. The number of carboxylic acids is 1. The summed E-state index contributed by atoms with van der Waals surface area (Å²) in [4.78, 5) is 51.0. The Hall–Kier alpha value is -3.06. The van der Waals surface area contributed by atoms with Crippen molar-refractivity contribution in [3.8, 4) is 0 Å². The molecule has 6 unspecified atom stereocenters. The van der Waals surface area contributed by atoms with Gasteiger partial charge in [-0.1, -0.05) is 231 Å². The fourth-order valence-electron chi connectivity index (χ4n) is 8.80. The van der Waals surface area contributed by atoms with Crippen LogP contribution in [0.3, 0.4) is 0 Å². The molecule has 1 heterocycles. The van der Waals surface area contributed by atoms with Crippen molar-refractivity contribution in [1.29, 1.82) is 0 Å². The zero-order chi connectivity index (χ0) is 51.8. The van der Waals surface area contributed by atoms with E-state index in [1.165, 1.54) is 122 Å². The van der Waals surface area contributed by atoms with Crippen LogP contribution in [0, 0.1) is 0 Å². The third-order valence-corrected chi connectivity index (χ3v) is 13.2. The van der Waals surface area contributed by atoms with Crippen LogP contribution in [0.1, 0.15) is 265 Å². The predicted octanol–water partition coefficient (Wildman–Crippen LogP) is 14.5. The van der Waals surface area contributed by atoms with Crippen LogP contribution >= 0.6 is 0 Å². The number of allylic oxidation sites excluding steroid dienone is 6. The SMILES string of the molecule is CC/C=C\C/C=C\C/C=C\CCCCCC(=O)OC(COC(=O)CCCCCCCCCCCCCCCCC)COC1OC(C(=O)O)C(O)C(O)C1OC(=O)CCCCCCCCCCCCCCC. The first-order chi connectivity index (χ1) is 34.6. The zero-order valence-electron chi connectivity index (χ0n) is 45.2. The van der Waals surface area contributed by atoms with Crippen LogP contribution in [-0.2, 0) is 42.9 Å². The smallest absolute Gasteiger partial charge is 0.335 e. The lowest BCUT2D eigenvalue weighted by atomic mass is 9.98. The monoisotopic (exact) mass is 1000 g/mol. The van der Waals surface area contributed by atoms with Crippen LogP contribution in [0.4, 0.5) is 0 Å². The Kier molecular flexibility index (Phi) is 44.5. The van der Waals surface area contributed by atoms with Gasteiger partial charge >= 0.3 is 23.9 Å². The molecular weight excluding hydrogens is 901 g/mol. The van der Waals surface area contributed by atoms with Crippen LogP contribution in [0.15, 0.2) is 36.5 Å². The first-order valence-corrected chi connectivity index (χ1v) is 29.0. The molecule has 0 aliphatic carbocycles. The van der Waals surface area contributed by atoms with Gasteiger partial charge in [-0.3, -0.25) is 14.4 Å². The Balaban J connectivity index is 2.70. The number of carbonyl (C=O) groups is 4. The average molecular weight is 1010 g/mol. The quantitative estimate of drug-likeness (QED) is 0.0228. The number of carbonyl (C=O) groups excluding carboxylic acids is 3. The Morgan fingerprint density at radius 2 is 0.887 bits per heavy atom. The Labute approximate surface area is 431 Å². The lowest BCUT2D eigenvalue weighted by Gasteiger charge is -2.40. The molecule has 1 saturated heterocycles. The highest BCUT2D eigenvalue weighted by Gasteiger charge is 2.50. The fraction of sp³-hybridized carbons (Fsp3) is 0.831. The van der Waals surface area contributed by atoms with E-state index in [1.54, 1.807) is 0 Å². The van der Waals surface area contributed by atoms with Gasteiger partial charge in [-0.2, -0.15) is 0 Å². The number of ether oxygens (including phenoxy) is 5. The van der Waals surface area contributed by atoms with Gasteiger partial charge in [0.15, 0.2) is 24.6 Å². The van der Waals surface area contributed by atoms with Crippen molar-refractivity contribution in [3.63, 3.8) is 0 Å². The van der Waals surface area contributed by atoms with Crippen molar-refractivity contribution >= 4 is 23.9 Å². The van der Waals surface area contributed by atoms with Crippen molar-refractivity contribution < 1.29 is 58.2 Å². The second kappa shape index (κ2) is 47.9. The van der Waals surface area contributed by atoms with Crippen molar-refractivity contribution in [3.05, 3.63) is 36.5 Å². The largest absolute Gasteiger partial charge is 0.479 e. The van der Waals surface area contributed by atoms with Gasteiger partial charge in [0.1, 0.15) is 18.8 Å². The molecule has 1 aliphatic rings. The van der Waals surface area contributed by atoms with E-state index in [9.17, 15) is 34.5 Å². The average Bonchev–Trinajstić information content (AvgIpc) is 3.35. The Bertz CT molecular complexity index is 1380. The van der Waals surface area contributed by atoms with E-state index in [-0.39, 0.29) is 25.9 Å². The molecule has 1 aliphatic heterocycles. The van der Waals surface area contributed by atoms with Crippen molar-refractivity contribution in [2.24, 2.45) is 0 Å². The van der Waals surface area contributed by atoms with E-state index >= 15 is 0 Å². The highest BCUT2D eigenvalue weighted by atomic mass is 16.7. The maximum Gasteiger partial charge on any atom is 0.335 e. The third-order valence-electron chi connectivity index (χ3n) is 13.2. The van der Waals surface area contributed by atoms with Gasteiger partial charge in [-0.05, 0) is 51.4 Å². The van der Waals surface area contributed by atoms with Crippen LogP contribution in [0.2, 0.25) is 0 Å². The summed E-state index contributed by atoms with van der Waals surface area (Å²) in [5.41, 5.74) is 0. The number of rotatable bonds is 49. The third kappa shape index (κ3) is 38.2. The second-order valence-electron chi connectivity index (χ2n) is 19.9. The van der Waals surface area contributed by atoms with E-state index in [0.717, 1.165) is 83.5 Å². The molecule has 1 fully saturated rings. The highest BCUT2D eigenvalue weighted by molar-refractivity contribution is 5.74. The van der Waals surface area contributed by atoms with E-state index in [0.29, 0.717) is 19.3 Å². The van der Waals surface area contributed by atoms with E-state index in [1.807, 2.05) is 0 Å². The van der Waals surface area contributed by atoms with Crippen LogP contribution in [0.25, 0.3) is 0 Å². The Morgan fingerprint density at radius 1 is 0.479 bits per heavy atom. The summed E-state index contributed by atoms with van der Waals surface area (Å²) in [6.45, 7) is 5.86. The molecule has 0 radical (unpaired) electrons. The maximum atomic E-state index is 13.1. The molecule has 12 heteroatoms. The second-order valence-corrected chi connectivity index (χ2v) is 19.9. The van der Waals surface area contributed by atoms with Crippen molar-refractivity contribution in [1.82, 2.24) is 0 Å². The minimum absolute atomic E-state index is 0.0620. The molecule has 0 spiro atoms. The van der Waals surface area contributed by atoms with Gasteiger partial charge < -0.3 is 39.0 Å². The fourth-order valence-corrected chi connectivity index (χ4v) is 8.80. The summed E-state index contributed by atoms with van der Waals surface area (Å²) in [5.74, 6) is -3.13. The lowest BCUT2D eigenvalue weighted by molar-refractivity contribution is -0.301. The Morgan fingerprint density at radius 3 is 1.35 bits per heavy atom. The van der Waals surface area contributed by atoms with Crippen LogP contribution < -0.4 is 0 Å². The number of unbranched alkanes of at least 4 members (excludes halogenated alkanes) is 29. The molecule has 0 aromatic carbocycles. The van der Waals surface area contributed by atoms with Gasteiger partial charge in [0.05, 0.1) is 6.61 Å². The highest BCUT2D eigenvalue weighted by Crippen LogP contribution is 2.26. The number of hydrogen-bond acceptors (Lipinski definition) is 11. The maximum absolute atomic E-state index is 13.1. The summed E-state index contributed by atoms with van der Waals surface area (Å²) < 4.78 is 28.4. The summed E-state index contributed by atoms with van der Waals surface area (Å²) in [6.07, 6.45) is 42.7. The van der Waals surface area contributed by atoms with Gasteiger partial charge in [0.25, 0.3) is 0 Å². The first kappa shape index (κ1) is 66.0. The summed E-state index contributed by atoms with van der Waals surface area (Å²) in [5, 5.41) is 31.4. The topological polar surface area (TPSA) is 175 Å². The summed E-state index contributed by atoms with van der Waals surface area (Å²) in [7, 11) is 0. The molecule has 0 saturated carbocycles. The van der Waals surface area contributed by atoms with E-state index in [2.05, 4.69) is 57.2 Å². The van der Waals surface area contributed by atoms with Crippen molar-refractivity contribution in [2.45, 2.75) is 302 Å². The molecule has 0 amide bonds. The number of aliphatic hydroxyl groups excluding tert-OH is 2. The normalized spacial score (nSPS) is 18.7. The molecule has 412 valence electrons. The summed E-state index contributed by atoms with van der Waals surface area (Å²) >= 11 is 0. The first-order valence-electron chi connectivity index (χ1n) is 29.0.